The lowest BCUT2D eigenvalue weighted by molar-refractivity contribution is 0.441. The third-order valence-electron chi connectivity index (χ3n) is 5.60. The molecular weight excluding hydrogens is 234 g/mol. The molecule has 0 aromatic heterocycles. The highest BCUT2D eigenvalue weighted by Gasteiger charge is 2.63. The number of aromatic hydroxyl groups is 1. The summed E-state index contributed by atoms with van der Waals surface area (Å²) >= 11 is 0. The molecule has 0 bridgehead atoms. The Morgan fingerprint density at radius 3 is 2.32 bits per heavy atom. The summed E-state index contributed by atoms with van der Waals surface area (Å²) in [5.74, 6) is 1.09. The Morgan fingerprint density at radius 1 is 1.21 bits per heavy atom. The van der Waals surface area contributed by atoms with Crippen LogP contribution in [0.5, 0.6) is 5.75 Å². The van der Waals surface area contributed by atoms with E-state index in [-0.39, 0.29) is 6.04 Å². The summed E-state index contributed by atoms with van der Waals surface area (Å²) in [7, 11) is 0. The third kappa shape index (κ3) is 2.38. The normalized spacial score (nSPS) is 22.2. The van der Waals surface area contributed by atoms with E-state index < -0.39 is 0 Å². The molecule has 0 heterocycles. The summed E-state index contributed by atoms with van der Waals surface area (Å²) in [6.45, 7) is 14.6. The Morgan fingerprint density at radius 2 is 1.79 bits per heavy atom. The molecule has 1 saturated carbocycles. The molecule has 1 aromatic rings. The van der Waals surface area contributed by atoms with E-state index in [9.17, 15) is 5.11 Å². The third-order valence-corrected chi connectivity index (χ3v) is 5.60. The first kappa shape index (κ1) is 14.4. The average Bonchev–Trinajstić information content (AvgIpc) is 2.70. The Balaban J connectivity index is 1.99. The van der Waals surface area contributed by atoms with Crippen LogP contribution in [0, 0.1) is 23.7 Å². The molecule has 1 aromatic carbocycles. The predicted octanol–water partition coefficient (Wildman–Crippen LogP) is 4.03. The Kier molecular flexibility index (Phi) is 3.42. The molecular formula is C17H27NO. The van der Waals surface area contributed by atoms with Gasteiger partial charge >= 0.3 is 0 Å². The zero-order valence-electron chi connectivity index (χ0n) is 13.0. The van der Waals surface area contributed by atoms with Crippen LogP contribution in [-0.2, 0) is 0 Å². The maximum Gasteiger partial charge on any atom is 0.120 e. The molecule has 0 saturated heterocycles. The second kappa shape index (κ2) is 4.52. The minimum absolute atomic E-state index is 0.187. The summed E-state index contributed by atoms with van der Waals surface area (Å²) in [5, 5.41) is 13.5. The van der Waals surface area contributed by atoms with Gasteiger partial charge < -0.3 is 10.4 Å². The van der Waals surface area contributed by atoms with E-state index in [4.69, 9.17) is 0 Å². The second-order valence-electron chi connectivity index (χ2n) is 7.19. The standard InChI is InChI=1S/C17H27NO/c1-11-7-8-14(19)13(9-11)12(2)18-10-15-16(3,4)17(15,5)6/h7-9,12,15,18-19H,10H2,1-6H3. The van der Waals surface area contributed by atoms with E-state index >= 15 is 0 Å². The predicted molar refractivity (Wildman–Crippen MR) is 80.3 cm³/mol. The molecule has 0 radical (unpaired) electrons. The highest BCUT2D eigenvalue weighted by molar-refractivity contribution is 5.37. The van der Waals surface area contributed by atoms with Gasteiger partial charge in [-0.1, -0.05) is 45.4 Å². The van der Waals surface area contributed by atoms with Crippen molar-refractivity contribution in [2.24, 2.45) is 16.7 Å². The van der Waals surface area contributed by atoms with Gasteiger partial charge in [0.15, 0.2) is 0 Å². The summed E-state index contributed by atoms with van der Waals surface area (Å²) in [6, 6.07) is 5.98. The fourth-order valence-electron chi connectivity index (χ4n) is 3.27. The largest absolute Gasteiger partial charge is 0.508 e. The van der Waals surface area contributed by atoms with Crippen LogP contribution in [-0.4, -0.2) is 11.7 Å². The average molecular weight is 261 g/mol. The lowest BCUT2D eigenvalue weighted by Gasteiger charge is -2.17. The van der Waals surface area contributed by atoms with Gasteiger partial charge in [0, 0.05) is 11.6 Å². The number of nitrogens with one attached hydrogen (secondary N) is 1. The van der Waals surface area contributed by atoms with Crippen molar-refractivity contribution in [3.8, 4) is 5.75 Å². The molecule has 1 atom stereocenters. The molecule has 2 rings (SSSR count). The van der Waals surface area contributed by atoms with Crippen molar-refractivity contribution in [1.29, 1.82) is 0 Å². The molecule has 1 aliphatic carbocycles. The number of phenols is 1. The Hall–Kier alpha value is -1.02. The number of aryl methyl sites for hydroxylation is 1. The first-order chi connectivity index (χ1) is 8.68. The molecule has 2 nitrogen and oxygen atoms in total. The number of benzene rings is 1. The van der Waals surface area contributed by atoms with Gasteiger partial charge in [-0.05, 0) is 43.2 Å². The van der Waals surface area contributed by atoms with Crippen LogP contribution in [0.1, 0.15) is 51.8 Å². The van der Waals surface area contributed by atoms with E-state index in [2.05, 4.69) is 52.9 Å². The minimum Gasteiger partial charge on any atom is -0.508 e. The highest BCUT2D eigenvalue weighted by Crippen LogP contribution is 2.68. The monoisotopic (exact) mass is 261 g/mol. The maximum atomic E-state index is 9.95. The fraction of sp³-hybridized carbons (Fsp3) is 0.647. The molecule has 0 aliphatic heterocycles. The van der Waals surface area contributed by atoms with E-state index in [0.717, 1.165) is 12.1 Å². The molecule has 2 heteroatoms. The van der Waals surface area contributed by atoms with Crippen LogP contribution < -0.4 is 5.32 Å². The van der Waals surface area contributed by atoms with Crippen LogP contribution in [0.4, 0.5) is 0 Å². The molecule has 0 amide bonds. The zero-order valence-corrected chi connectivity index (χ0v) is 13.0. The van der Waals surface area contributed by atoms with Gasteiger partial charge in [0.2, 0.25) is 0 Å². The van der Waals surface area contributed by atoms with Crippen LogP contribution in [0.25, 0.3) is 0 Å². The minimum atomic E-state index is 0.187. The van der Waals surface area contributed by atoms with Gasteiger partial charge in [0.05, 0.1) is 0 Å². The summed E-state index contributed by atoms with van der Waals surface area (Å²) in [6.07, 6.45) is 0. The van der Waals surface area contributed by atoms with E-state index in [1.54, 1.807) is 6.07 Å². The number of rotatable bonds is 4. The van der Waals surface area contributed by atoms with Crippen LogP contribution in [0.3, 0.4) is 0 Å². The van der Waals surface area contributed by atoms with Gasteiger partial charge in [0.25, 0.3) is 0 Å². The van der Waals surface area contributed by atoms with Gasteiger partial charge in [-0.3, -0.25) is 0 Å². The second-order valence-corrected chi connectivity index (χ2v) is 7.19. The Labute approximate surface area is 117 Å². The van der Waals surface area contributed by atoms with Crippen LogP contribution >= 0.6 is 0 Å². The molecule has 19 heavy (non-hydrogen) atoms. The molecule has 2 N–H and O–H groups in total. The molecule has 0 spiro atoms. The van der Waals surface area contributed by atoms with Crippen molar-refractivity contribution in [2.75, 3.05) is 6.54 Å². The topological polar surface area (TPSA) is 32.3 Å². The molecule has 1 unspecified atom stereocenters. The molecule has 106 valence electrons. The van der Waals surface area contributed by atoms with Gasteiger partial charge in [0.1, 0.15) is 5.75 Å². The van der Waals surface area contributed by atoms with Gasteiger partial charge in [-0.15, -0.1) is 0 Å². The number of hydrogen-bond donors (Lipinski definition) is 2. The quantitative estimate of drug-likeness (QED) is 0.857. The van der Waals surface area contributed by atoms with Crippen molar-refractivity contribution >= 4 is 0 Å². The summed E-state index contributed by atoms with van der Waals surface area (Å²) < 4.78 is 0. The van der Waals surface area contributed by atoms with Gasteiger partial charge in [-0.25, -0.2) is 0 Å². The van der Waals surface area contributed by atoms with E-state index in [1.165, 1.54) is 5.56 Å². The van der Waals surface area contributed by atoms with Crippen molar-refractivity contribution in [3.05, 3.63) is 29.3 Å². The van der Waals surface area contributed by atoms with Crippen molar-refractivity contribution < 1.29 is 5.11 Å². The number of hydrogen-bond acceptors (Lipinski definition) is 2. The van der Waals surface area contributed by atoms with Crippen LogP contribution in [0.2, 0.25) is 0 Å². The van der Waals surface area contributed by atoms with Crippen molar-refractivity contribution in [2.45, 2.75) is 47.6 Å². The maximum absolute atomic E-state index is 9.95. The lowest BCUT2D eigenvalue weighted by Crippen LogP contribution is -2.23. The fourth-order valence-corrected chi connectivity index (χ4v) is 3.27. The number of phenolic OH excluding ortho intramolecular Hbond substituents is 1. The van der Waals surface area contributed by atoms with E-state index in [0.29, 0.717) is 22.5 Å². The zero-order chi connectivity index (χ0) is 14.4. The molecule has 1 aliphatic rings. The lowest BCUT2D eigenvalue weighted by atomic mass is 10.0. The van der Waals surface area contributed by atoms with Crippen molar-refractivity contribution in [3.63, 3.8) is 0 Å². The summed E-state index contributed by atoms with van der Waals surface area (Å²) in [5.41, 5.74) is 3.01. The molecule has 1 fully saturated rings. The van der Waals surface area contributed by atoms with Gasteiger partial charge in [-0.2, -0.15) is 0 Å². The van der Waals surface area contributed by atoms with Crippen LogP contribution in [0.15, 0.2) is 18.2 Å². The van der Waals surface area contributed by atoms with E-state index in [1.807, 2.05) is 6.07 Å². The summed E-state index contributed by atoms with van der Waals surface area (Å²) in [4.78, 5) is 0. The first-order valence-electron chi connectivity index (χ1n) is 7.21. The Bertz CT molecular complexity index is 462. The first-order valence-corrected chi connectivity index (χ1v) is 7.21. The highest BCUT2D eigenvalue weighted by atomic mass is 16.3. The SMILES string of the molecule is Cc1ccc(O)c(C(C)NCC2C(C)(C)C2(C)C)c1. The van der Waals surface area contributed by atoms with Crippen molar-refractivity contribution in [1.82, 2.24) is 5.32 Å². The smallest absolute Gasteiger partial charge is 0.120 e.